The first kappa shape index (κ1) is 18.0. The fourth-order valence-electron chi connectivity index (χ4n) is 4.30. The molecule has 1 atom stereocenters. The molecule has 148 valence electrons. The second-order valence-corrected chi connectivity index (χ2v) is 7.62. The van der Waals surface area contributed by atoms with Crippen molar-refractivity contribution < 1.29 is 0 Å². The van der Waals surface area contributed by atoms with E-state index in [0.717, 1.165) is 67.6 Å². The molecule has 1 aromatic carbocycles. The van der Waals surface area contributed by atoms with Crippen molar-refractivity contribution in [2.75, 3.05) is 13.1 Å². The fraction of sp³-hybridized carbons (Fsp3) is 0.364. The van der Waals surface area contributed by atoms with Gasteiger partial charge in [0.05, 0.1) is 17.6 Å². The minimum Gasteiger partial charge on any atom is -0.327 e. The predicted molar refractivity (Wildman–Crippen MR) is 112 cm³/mol. The molecule has 1 N–H and O–H groups in total. The Morgan fingerprint density at radius 2 is 2.07 bits per heavy atom. The molecule has 7 nitrogen and oxygen atoms in total. The summed E-state index contributed by atoms with van der Waals surface area (Å²) >= 11 is 0. The first-order chi connectivity index (χ1) is 14.3. The van der Waals surface area contributed by atoms with Gasteiger partial charge in [-0.2, -0.15) is 5.10 Å². The van der Waals surface area contributed by atoms with Gasteiger partial charge in [-0.25, -0.2) is 9.97 Å². The van der Waals surface area contributed by atoms with E-state index in [1.807, 2.05) is 12.1 Å². The lowest BCUT2D eigenvalue weighted by Gasteiger charge is -2.31. The van der Waals surface area contributed by atoms with E-state index in [2.05, 4.69) is 55.8 Å². The molecule has 29 heavy (non-hydrogen) atoms. The largest absolute Gasteiger partial charge is 0.327 e. The average molecular weight is 387 g/mol. The Morgan fingerprint density at radius 1 is 1.14 bits per heavy atom. The number of likely N-dealkylation sites (tertiary alicyclic amines) is 1. The first-order valence-electron chi connectivity index (χ1n) is 10.3. The van der Waals surface area contributed by atoms with Gasteiger partial charge >= 0.3 is 0 Å². The van der Waals surface area contributed by atoms with Crippen molar-refractivity contribution in [1.82, 2.24) is 34.6 Å². The van der Waals surface area contributed by atoms with Crippen LogP contribution in [0.3, 0.4) is 0 Å². The summed E-state index contributed by atoms with van der Waals surface area (Å²) in [5.74, 6) is 3.19. The highest BCUT2D eigenvalue weighted by Crippen LogP contribution is 2.27. The number of H-pyrrole nitrogens is 1. The van der Waals surface area contributed by atoms with Crippen LogP contribution >= 0.6 is 0 Å². The van der Waals surface area contributed by atoms with Crippen LogP contribution in [0.1, 0.15) is 37.3 Å². The minimum atomic E-state index is 0.362. The molecule has 1 fully saturated rings. The number of nitrogens with zero attached hydrogens (tertiary/aromatic N) is 6. The van der Waals surface area contributed by atoms with Crippen molar-refractivity contribution in [2.24, 2.45) is 0 Å². The van der Waals surface area contributed by atoms with Gasteiger partial charge in [-0.1, -0.05) is 12.1 Å². The van der Waals surface area contributed by atoms with Crippen molar-refractivity contribution in [2.45, 2.75) is 38.8 Å². The Morgan fingerprint density at radius 3 is 2.93 bits per heavy atom. The molecule has 4 heterocycles. The van der Waals surface area contributed by atoms with Crippen LogP contribution in [0.2, 0.25) is 0 Å². The average Bonchev–Trinajstić information content (AvgIpc) is 3.39. The fourth-order valence-corrected chi connectivity index (χ4v) is 4.30. The first-order valence-corrected chi connectivity index (χ1v) is 10.3. The van der Waals surface area contributed by atoms with Crippen LogP contribution in [-0.4, -0.2) is 47.7 Å². The molecule has 1 unspecified atom stereocenters. The lowest BCUT2D eigenvalue weighted by Crippen LogP contribution is -2.35. The van der Waals surface area contributed by atoms with E-state index >= 15 is 0 Å². The summed E-state index contributed by atoms with van der Waals surface area (Å²) in [5.41, 5.74) is 3.24. The van der Waals surface area contributed by atoms with Crippen LogP contribution < -0.4 is 0 Å². The second kappa shape index (κ2) is 7.75. The van der Waals surface area contributed by atoms with E-state index in [0.29, 0.717) is 5.92 Å². The smallest absolute Gasteiger partial charge is 0.182 e. The number of aromatic amines is 1. The Labute approximate surface area is 169 Å². The molecule has 4 aromatic rings. The van der Waals surface area contributed by atoms with Gasteiger partial charge in [0.1, 0.15) is 11.6 Å². The van der Waals surface area contributed by atoms with Crippen LogP contribution in [0.15, 0.2) is 48.8 Å². The van der Waals surface area contributed by atoms with Gasteiger partial charge in [-0.15, -0.1) is 0 Å². The quantitative estimate of drug-likeness (QED) is 0.566. The summed E-state index contributed by atoms with van der Waals surface area (Å²) in [6, 6.07) is 12.3. The van der Waals surface area contributed by atoms with Crippen molar-refractivity contribution in [1.29, 1.82) is 0 Å². The zero-order chi connectivity index (χ0) is 19.6. The van der Waals surface area contributed by atoms with Gasteiger partial charge in [-0.3, -0.25) is 15.0 Å². The van der Waals surface area contributed by atoms with Crippen LogP contribution in [-0.2, 0) is 13.1 Å². The zero-order valence-corrected chi connectivity index (χ0v) is 16.6. The van der Waals surface area contributed by atoms with E-state index in [-0.39, 0.29) is 0 Å². The number of aromatic nitrogens is 6. The molecule has 1 saturated heterocycles. The van der Waals surface area contributed by atoms with E-state index in [4.69, 9.17) is 9.97 Å². The summed E-state index contributed by atoms with van der Waals surface area (Å²) in [4.78, 5) is 16.3. The molecule has 0 spiro atoms. The Balaban J connectivity index is 1.33. The minimum absolute atomic E-state index is 0.362. The molecule has 0 aliphatic carbocycles. The lowest BCUT2D eigenvalue weighted by atomic mass is 9.97. The van der Waals surface area contributed by atoms with Crippen LogP contribution in [0.25, 0.3) is 22.4 Å². The van der Waals surface area contributed by atoms with Crippen molar-refractivity contribution in [3.05, 3.63) is 60.4 Å². The van der Waals surface area contributed by atoms with E-state index in [1.165, 1.54) is 5.52 Å². The third-order valence-electron chi connectivity index (χ3n) is 5.73. The van der Waals surface area contributed by atoms with Crippen molar-refractivity contribution in [3.63, 3.8) is 0 Å². The van der Waals surface area contributed by atoms with Crippen molar-refractivity contribution in [3.8, 4) is 11.4 Å². The number of fused-ring (bicyclic) bond motifs is 1. The van der Waals surface area contributed by atoms with E-state index in [9.17, 15) is 0 Å². The maximum Gasteiger partial charge on any atom is 0.182 e. The van der Waals surface area contributed by atoms with E-state index < -0.39 is 0 Å². The molecule has 0 bridgehead atoms. The maximum absolute atomic E-state index is 4.90. The number of piperidine rings is 1. The normalized spacial score (nSPS) is 17.8. The molecule has 1 aliphatic rings. The Bertz CT molecular complexity index is 1100. The molecule has 0 amide bonds. The highest BCUT2D eigenvalue weighted by Gasteiger charge is 2.25. The van der Waals surface area contributed by atoms with Gasteiger partial charge in [0.15, 0.2) is 5.82 Å². The molecule has 5 rings (SSSR count). The maximum atomic E-state index is 4.90. The number of pyridine rings is 1. The van der Waals surface area contributed by atoms with Crippen molar-refractivity contribution >= 4 is 11.0 Å². The van der Waals surface area contributed by atoms with Gasteiger partial charge in [-0.05, 0) is 50.6 Å². The molecule has 0 saturated carbocycles. The third-order valence-corrected chi connectivity index (χ3v) is 5.73. The van der Waals surface area contributed by atoms with Crippen LogP contribution in [0.4, 0.5) is 0 Å². The number of hydrogen-bond donors (Lipinski definition) is 1. The zero-order valence-electron chi connectivity index (χ0n) is 16.6. The monoisotopic (exact) mass is 387 g/mol. The van der Waals surface area contributed by atoms with E-state index in [1.54, 1.807) is 12.4 Å². The molecular formula is C22H25N7. The number of hydrogen-bond acceptors (Lipinski definition) is 5. The van der Waals surface area contributed by atoms with Gasteiger partial charge in [0.25, 0.3) is 0 Å². The third kappa shape index (κ3) is 3.53. The van der Waals surface area contributed by atoms with Crippen LogP contribution in [0, 0.1) is 0 Å². The summed E-state index contributed by atoms with van der Waals surface area (Å²) in [7, 11) is 0. The SMILES string of the molecule is CCn1c(CN2CCCC(c3nc(-c4cccnc4)n[nH]3)C2)nc2ccccc21. The van der Waals surface area contributed by atoms with Gasteiger partial charge in [0.2, 0.25) is 0 Å². The van der Waals surface area contributed by atoms with Gasteiger partial charge in [0, 0.05) is 37.0 Å². The number of para-hydroxylation sites is 2. The highest BCUT2D eigenvalue weighted by molar-refractivity contribution is 5.75. The number of rotatable bonds is 5. The Kier molecular flexibility index (Phi) is 4.81. The predicted octanol–water partition coefficient (Wildman–Crippen LogP) is 3.62. The molecule has 3 aromatic heterocycles. The topological polar surface area (TPSA) is 75.5 Å². The number of nitrogens with one attached hydrogen (secondary N) is 1. The Hall–Kier alpha value is -3.06. The second-order valence-electron chi connectivity index (χ2n) is 7.62. The molecule has 0 radical (unpaired) electrons. The molecule has 1 aliphatic heterocycles. The summed E-state index contributed by atoms with van der Waals surface area (Å²) < 4.78 is 2.33. The number of aryl methyl sites for hydroxylation is 1. The van der Waals surface area contributed by atoms with Gasteiger partial charge < -0.3 is 4.57 Å². The summed E-state index contributed by atoms with van der Waals surface area (Å²) in [5, 5.41) is 7.58. The molecular weight excluding hydrogens is 362 g/mol. The lowest BCUT2D eigenvalue weighted by molar-refractivity contribution is 0.190. The number of benzene rings is 1. The number of imidazole rings is 1. The molecule has 7 heteroatoms. The highest BCUT2D eigenvalue weighted by atomic mass is 15.2. The summed E-state index contributed by atoms with van der Waals surface area (Å²) in [6.45, 7) is 6.04. The van der Waals surface area contributed by atoms with Crippen LogP contribution in [0.5, 0.6) is 0 Å². The standard InChI is InChI=1S/C22H25N7/c1-2-29-19-10-4-3-9-18(19)24-20(29)15-28-12-6-8-17(14-28)22-25-21(26-27-22)16-7-5-11-23-13-16/h3-5,7,9-11,13,17H,2,6,8,12,14-15H2,1H3,(H,25,26,27). The summed E-state index contributed by atoms with van der Waals surface area (Å²) in [6.07, 6.45) is 5.84.